The fourth-order valence-corrected chi connectivity index (χ4v) is 3.83. The number of nitrogens with one attached hydrogen (secondary N) is 1. The number of rotatable bonds is 7. The number of benzene rings is 1. The van der Waals surface area contributed by atoms with Crippen LogP contribution in [0.2, 0.25) is 0 Å². The van der Waals surface area contributed by atoms with Crippen LogP contribution in [-0.2, 0) is 6.42 Å². The fourth-order valence-electron chi connectivity index (χ4n) is 2.95. The molecular weight excluding hydrogens is 410 g/mol. The first-order valence-electron chi connectivity index (χ1n) is 9.76. The van der Waals surface area contributed by atoms with Crippen molar-refractivity contribution < 1.29 is 9.53 Å². The van der Waals surface area contributed by atoms with Gasteiger partial charge in [0, 0.05) is 29.2 Å². The number of amides is 1. The van der Waals surface area contributed by atoms with E-state index in [-0.39, 0.29) is 0 Å². The van der Waals surface area contributed by atoms with E-state index in [0.29, 0.717) is 27.9 Å². The molecule has 0 spiro atoms. The first kappa shape index (κ1) is 20.5. The number of aromatic nitrogens is 3. The smallest absolute Gasteiger partial charge is 0.248 e. The summed E-state index contributed by atoms with van der Waals surface area (Å²) in [6, 6.07) is 16.3. The number of nitrogens with two attached hydrogens (primary N) is 1. The quantitative estimate of drug-likeness (QED) is 0.422. The van der Waals surface area contributed by atoms with E-state index < -0.39 is 5.91 Å². The van der Waals surface area contributed by atoms with Crippen LogP contribution >= 0.6 is 11.3 Å². The summed E-state index contributed by atoms with van der Waals surface area (Å²) < 4.78 is 6.19. The molecule has 0 radical (unpaired) electrons. The summed E-state index contributed by atoms with van der Waals surface area (Å²) >= 11 is 1.50. The molecule has 0 bridgehead atoms. The lowest BCUT2D eigenvalue weighted by molar-refractivity contribution is 0.100. The number of anilines is 2. The van der Waals surface area contributed by atoms with Gasteiger partial charge in [-0.05, 0) is 49.7 Å². The van der Waals surface area contributed by atoms with Crippen LogP contribution in [-0.4, -0.2) is 20.9 Å². The topological polar surface area (TPSA) is 103 Å². The van der Waals surface area contributed by atoms with Gasteiger partial charge in [-0.1, -0.05) is 30.4 Å². The number of primary amides is 1. The molecule has 4 aromatic rings. The summed E-state index contributed by atoms with van der Waals surface area (Å²) in [7, 11) is 0. The Balaban J connectivity index is 1.60. The van der Waals surface area contributed by atoms with Gasteiger partial charge in [0.2, 0.25) is 11.0 Å². The molecule has 8 heteroatoms. The van der Waals surface area contributed by atoms with Gasteiger partial charge in [-0.15, -0.1) is 0 Å². The molecular formula is C23H21N5O2S. The van der Waals surface area contributed by atoms with Crippen LogP contribution in [0.3, 0.4) is 0 Å². The third-order valence-electron chi connectivity index (χ3n) is 4.44. The predicted octanol–water partition coefficient (Wildman–Crippen LogP) is 5.11. The van der Waals surface area contributed by atoms with E-state index in [1.54, 1.807) is 36.5 Å². The van der Waals surface area contributed by atoms with Crippen LogP contribution in [0.25, 0.3) is 11.4 Å². The van der Waals surface area contributed by atoms with Crippen LogP contribution in [0.1, 0.15) is 28.0 Å². The van der Waals surface area contributed by atoms with E-state index in [1.807, 2.05) is 31.2 Å². The minimum atomic E-state index is -0.483. The highest BCUT2D eigenvalue weighted by atomic mass is 32.1. The molecule has 156 valence electrons. The zero-order valence-corrected chi connectivity index (χ0v) is 17.9. The summed E-state index contributed by atoms with van der Waals surface area (Å²) in [5, 5.41) is 4.83. The first-order valence-corrected chi connectivity index (χ1v) is 10.6. The third-order valence-corrected chi connectivity index (χ3v) is 5.51. The lowest BCUT2D eigenvalue weighted by Crippen LogP contribution is -2.10. The number of ether oxygens (including phenoxy) is 1. The minimum absolute atomic E-state index is 0.421. The van der Waals surface area contributed by atoms with E-state index in [0.717, 1.165) is 28.5 Å². The molecule has 0 fully saturated rings. The van der Waals surface area contributed by atoms with Crippen LogP contribution < -0.4 is 15.8 Å². The first-order chi connectivity index (χ1) is 15.0. The van der Waals surface area contributed by atoms with Crippen LogP contribution in [0.4, 0.5) is 11.5 Å². The second kappa shape index (κ2) is 8.93. The van der Waals surface area contributed by atoms with Crippen LogP contribution in [0.15, 0.2) is 60.8 Å². The Morgan fingerprint density at radius 3 is 2.74 bits per heavy atom. The highest BCUT2D eigenvalue weighted by molar-refractivity contribution is 7.14. The molecule has 0 aliphatic carbocycles. The molecule has 4 rings (SSSR count). The highest BCUT2D eigenvalue weighted by Crippen LogP contribution is 2.38. The van der Waals surface area contributed by atoms with Gasteiger partial charge in [-0.3, -0.25) is 9.78 Å². The third kappa shape index (κ3) is 4.87. The predicted molar refractivity (Wildman–Crippen MR) is 122 cm³/mol. The van der Waals surface area contributed by atoms with E-state index >= 15 is 0 Å². The van der Waals surface area contributed by atoms with Crippen molar-refractivity contribution in [3.05, 3.63) is 77.1 Å². The van der Waals surface area contributed by atoms with Crippen molar-refractivity contribution >= 4 is 28.7 Å². The molecule has 1 amide bonds. The summed E-state index contributed by atoms with van der Waals surface area (Å²) in [5.41, 5.74) is 8.91. The largest absolute Gasteiger partial charge is 0.444 e. The Hall–Kier alpha value is -3.78. The van der Waals surface area contributed by atoms with Gasteiger partial charge in [0.25, 0.3) is 0 Å². The lowest BCUT2D eigenvalue weighted by Gasteiger charge is -2.09. The van der Waals surface area contributed by atoms with E-state index in [1.165, 1.54) is 11.3 Å². The van der Waals surface area contributed by atoms with Gasteiger partial charge in [-0.2, -0.15) is 0 Å². The molecule has 7 nitrogen and oxygen atoms in total. The van der Waals surface area contributed by atoms with Gasteiger partial charge in [0.15, 0.2) is 0 Å². The van der Waals surface area contributed by atoms with Gasteiger partial charge in [-0.25, -0.2) is 9.97 Å². The number of aryl methyl sites for hydroxylation is 2. The Labute approximate surface area is 184 Å². The second-order valence-electron chi connectivity index (χ2n) is 6.81. The molecule has 3 aromatic heterocycles. The molecule has 0 aliphatic heterocycles. The number of hydrogen-bond acceptors (Lipinski definition) is 7. The highest BCUT2D eigenvalue weighted by Gasteiger charge is 2.16. The molecule has 0 atom stereocenters. The molecule has 0 aliphatic rings. The number of pyridine rings is 2. The van der Waals surface area contributed by atoms with Crippen molar-refractivity contribution in [2.45, 2.75) is 20.3 Å². The van der Waals surface area contributed by atoms with E-state index in [4.69, 9.17) is 15.5 Å². The average Bonchev–Trinajstić information content (AvgIpc) is 3.17. The standard InChI is InChI=1S/C23H21N5O2S/c1-3-20-28-21(18-9-4-6-14(2)26-18)23(31-20)30-17-10-11-25-19(13-17)27-16-8-5-7-15(12-16)22(24)29/h4-13H,3H2,1-2H3,(H2,24,29)(H,25,27). The Morgan fingerprint density at radius 2 is 1.97 bits per heavy atom. The van der Waals surface area contributed by atoms with Gasteiger partial charge >= 0.3 is 0 Å². The molecule has 0 saturated carbocycles. The van der Waals surface area contributed by atoms with Crippen molar-refractivity contribution in [3.63, 3.8) is 0 Å². The maximum absolute atomic E-state index is 11.4. The number of nitrogens with zero attached hydrogens (tertiary/aromatic N) is 3. The van der Waals surface area contributed by atoms with Gasteiger partial charge in [0.1, 0.15) is 17.3 Å². The SMILES string of the molecule is CCc1nc(-c2cccc(C)n2)c(Oc2ccnc(Nc3cccc(C(N)=O)c3)c2)s1. The van der Waals surface area contributed by atoms with Crippen molar-refractivity contribution in [1.29, 1.82) is 0 Å². The number of thiazole rings is 1. The lowest BCUT2D eigenvalue weighted by atomic mass is 10.2. The molecule has 1 aromatic carbocycles. The summed E-state index contributed by atoms with van der Waals surface area (Å²) in [6.45, 7) is 4.01. The van der Waals surface area contributed by atoms with Crippen molar-refractivity contribution in [2.24, 2.45) is 5.73 Å². The number of hydrogen-bond donors (Lipinski definition) is 2. The molecule has 0 unspecified atom stereocenters. The second-order valence-corrected chi connectivity index (χ2v) is 7.86. The Bertz CT molecular complexity index is 1240. The maximum Gasteiger partial charge on any atom is 0.248 e. The molecule has 3 N–H and O–H groups in total. The minimum Gasteiger partial charge on any atom is -0.444 e. The van der Waals surface area contributed by atoms with Crippen molar-refractivity contribution in [1.82, 2.24) is 15.0 Å². The average molecular weight is 432 g/mol. The summed E-state index contributed by atoms with van der Waals surface area (Å²) in [4.78, 5) is 25.0. The van der Waals surface area contributed by atoms with Crippen LogP contribution in [0, 0.1) is 6.92 Å². The van der Waals surface area contributed by atoms with Gasteiger partial charge < -0.3 is 15.8 Å². The molecule has 3 heterocycles. The number of carbonyl (C=O) groups excluding carboxylic acids is 1. The summed E-state index contributed by atoms with van der Waals surface area (Å²) in [5.74, 6) is 0.709. The monoisotopic (exact) mass is 431 g/mol. The van der Waals surface area contributed by atoms with Crippen molar-refractivity contribution in [3.8, 4) is 22.2 Å². The zero-order valence-electron chi connectivity index (χ0n) is 17.1. The maximum atomic E-state index is 11.4. The van der Waals surface area contributed by atoms with E-state index in [9.17, 15) is 4.79 Å². The van der Waals surface area contributed by atoms with Gasteiger partial charge in [0.05, 0.1) is 10.7 Å². The Kier molecular flexibility index (Phi) is 5.90. The zero-order chi connectivity index (χ0) is 21.8. The molecule has 0 saturated heterocycles. The normalized spacial score (nSPS) is 10.6. The molecule has 31 heavy (non-hydrogen) atoms. The van der Waals surface area contributed by atoms with Crippen LogP contribution in [0.5, 0.6) is 10.8 Å². The summed E-state index contributed by atoms with van der Waals surface area (Å²) in [6.07, 6.45) is 2.47. The fraction of sp³-hybridized carbons (Fsp3) is 0.130. The van der Waals surface area contributed by atoms with Crippen molar-refractivity contribution in [2.75, 3.05) is 5.32 Å². The van der Waals surface area contributed by atoms with E-state index in [2.05, 4.69) is 22.2 Å². The number of carbonyl (C=O) groups is 1. The Morgan fingerprint density at radius 1 is 1.13 bits per heavy atom.